The van der Waals surface area contributed by atoms with Gasteiger partial charge in [0.2, 0.25) is 0 Å². The van der Waals surface area contributed by atoms with E-state index < -0.39 is 0 Å². The lowest BCUT2D eigenvalue weighted by Crippen LogP contribution is -1.90. The highest BCUT2D eigenvalue weighted by Crippen LogP contribution is 2.27. The Morgan fingerprint density at radius 1 is 1.62 bits per heavy atom. The first kappa shape index (κ1) is 10.4. The van der Waals surface area contributed by atoms with Crippen molar-refractivity contribution in [2.24, 2.45) is 0 Å². The monoisotopic (exact) mass is 259 g/mol. The number of hydrogen-bond donors (Lipinski definition) is 0. The lowest BCUT2D eigenvalue weighted by atomic mass is 10.1. The van der Waals surface area contributed by atoms with Crippen LogP contribution in [0, 0.1) is 11.3 Å². The highest BCUT2D eigenvalue weighted by Gasteiger charge is 2.07. The highest BCUT2D eigenvalue weighted by atomic mass is 79.9. The van der Waals surface area contributed by atoms with Gasteiger partial charge in [-0.25, -0.2) is 0 Å². The van der Waals surface area contributed by atoms with Gasteiger partial charge in [0.05, 0.1) is 17.7 Å². The molecule has 0 saturated carbocycles. The van der Waals surface area contributed by atoms with Crippen LogP contribution in [0.25, 0.3) is 0 Å². The van der Waals surface area contributed by atoms with Crippen molar-refractivity contribution in [2.45, 2.75) is 5.33 Å². The summed E-state index contributed by atoms with van der Waals surface area (Å²) in [7, 11) is 1.56. The topological polar surface area (TPSA) is 33.0 Å². The van der Waals surface area contributed by atoms with Crippen molar-refractivity contribution >= 4 is 27.5 Å². The van der Waals surface area contributed by atoms with E-state index in [1.54, 1.807) is 19.2 Å². The second-order valence-electron chi connectivity index (χ2n) is 2.39. The van der Waals surface area contributed by atoms with Crippen molar-refractivity contribution in [1.29, 1.82) is 5.26 Å². The second kappa shape index (κ2) is 4.50. The number of hydrogen-bond acceptors (Lipinski definition) is 2. The number of alkyl halides is 1. The van der Waals surface area contributed by atoms with Crippen molar-refractivity contribution in [3.05, 3.63) is 28.3 Å². The fourth-order valence-corrected chi connectivity index (χ4v) is 1.77. The van der Waals surface area contributed by atoms with Crippen LogP contribution >= 0.6 is 27.5 Å². The van der Waals surface area contributed by atoms with Gasteiger partial charge in [0.1, 0.15) is 11.8 Å². The van der Waals surface area contributed by atoms with Crippen LogP contribution < -0.4 is 4.74 Å². The molecule has 0 aliphatic carbocycles. The zero-order chi connectivity index (χ0) is 9.84. The van der Waals surface area contributed by atoms with E-state index in [-0.39, 0.29) is 0 Å². The minimum atomic E-state index is 0.440. The summed E-state index contributed by atoms with van der Waals surface area (Å²) >= 11 is 9.22. The minimum absolute atomic E-state index is 0.440. The molecular weight excluding hydrogens is 253 g/mol. The molecule has 1 rings (SSSR count). The van der Waals surface area contributed by atoms with E-state index in [4.69, 9.17) is 21.6 Å². The standard InChI is InChI=1S/C9H7BrClNO/c1-13-8-2-6(4-10)9(11)7(3-8)5-12/h2-3H,4H2,1H3. The number of methoxy groups -OCH3 is 1. The van der Waals surface area contributed by atoms with Gasteiger partial charge in [0.25, 0.3) is 0 Å². The number of nitrogens with zero attached hydrogens (tertiary/aromatic N) is 1. The van der Waals surface area contributed by atoms with Crippen molar-refractivity contribution in [2.75, 3.05) is 7.11 Å². The Morgan fingerprint density at radius 3 is 2.77 bits per heavy atom. The summed E-state index contributed by atoms with van der Waals surface area (Å²) in [6.07, 6.45) is 0. The molecule has 0 heterocycles. The molecule has 0 N–H and O–H groups in total. The lowest BCUT2D eigenvalue weighted by molar-refractivity contribution is 0.414. The first-order valence-electron chi connectivity index (χ1n) is 3.55. The molecule has 0 aromatic heterocycles. The first-order chi connectivity index (χ1) is 6.22. The number of nitriles is 1. The summed E-state index contributed by atoms with van der Waals surface area (Å²) in [4.78, 5) is 0. The third-order valence-corrected chi connectivity index (χ3v) is 2.67. The third kappa shape index (κ3) is 2.15. The summed E-state index contributed by atoms with van der Waals surface area (Å²) in [5.74, 6) is 0.649. The van der Waals surface area contributed by atoms with E-state index in [1.165, 1.54) is 0 Å². The predicted molar refractivity (Wildman–Crippen MR) is 55.4 cm³/mol. The maximum absolute atomic E-state index is 8.75. The summed E-state index contributed by atoms with van der Waals surface area (Å²) in [6, 6.07) is 5.43. The molecule has 68 valence electrons. The van der Waals surface area contributed by atoms with Crippen LogP contribution in [0.2, 0.25) is 5.02 Å². The highest BCUT2D eigenvalue weighted by molar-refractivity contribution is 9.08. The molecule has 0 atom stereocenters. The van der Waals surface area contributed by atoms with Gasteiger partial charge in [-0.1, -0.05) is 27.5 Å². The summed E-state index contributed by atoms with van der Waals surface area (Å²) in [5.41, 5.74) is 1.30. The zero-order valence-electron chi connectivity index (χ0n) is 6.97. The van der Waals surface area contributed by atoms with Gasteiger partial charge in [0.15, 0.2) is 0 Å². The Labute approximate surface area is 90.2 Å². The van der Waals surface area contributed by atoms with Crippen LogP contribution in [0.5, 0.6) is 5.75 Å². The molecule has 2 nitrogen and oxygen atoms in total. The molecule has 0 unspecified atom stereocenters. The zero-order valence-corrected chi connectivity index (χ0v) is 9.32. The van der Waals surface area contributed by atoms with Gasteiger partial charge >= 0.3 is 0 Å². The SMILES string of the molecule is COc1cc(C#N)c(Cl)c(CBr)c1. The van der Waals surface area contributed by atoms with Gasteiger partial charge in [0, 0.05) is 5.33 Å². The fourth-order valence-electron chi connectivity index (χ4n) is 0.952. The average Bonchev–Trinajstić information content (AvgIpc) is 2.18. The summed E-state index contributed by atoms with van der Waals surface area (Å²) < 4.78 is 5.02. The maximum Gasteiger partial charge on any atom is 0.120 e. The number of halogens is 2. The van der Waals surface area contributed by atoms with Gasteiger partial charge in [-0.15, -0.1) is 0 Å². The molecule has 0 saturated heterocycles. The van der Waals surface area contributed by atoms with E-state index in [1.807, 2.05) is 6.07 Å². The fraction of sp³-hybridized carbons (Fsp3) is 0.222. The molecule has 1 aromatic rings. The largest absolute Gasteiger partial charge is 0.497 e. The van der Waals surface area contributed by atoms with Crippen LogP contribution in [-0.4, -0.2) is 7.11 Å². The number of rotatable bonds is 2. The van der Waals surface area contributed by atoms with Crippen molar-refractivity contribution in [3.63, 3.8) is 0 Å². The van der Waals surface area contributed by atoms with Crippen LogP contribution in [0.4, 0.5) is 0 Å². The molecule has 1 aromatic carbocycles. The van der Waals surface area contributed by atoms with Crippen molar-refractivity contribution in [1.82, 2.24) is 0 Å². The van der Waals surface area contributed by atoms with Crippen LogP contribution in [0.15, 0.2) is 12.1 Å². The first-order valence-corrected chi connectivity index (χ1v) is 5.05. The average molecular weight is 261 g/mol. The van der Waals surface area contributed by atoms with Crippen LogP contribution in [0.1, 0.15) is 11.1 Å². The van der Waals surface area contributed by atoms with E-state index in [0.717, 1.165) is 5.56 Å². The number of ether oxygens (including phenoxy) is 1. The molecule has 0 bridgehead atoms. The molecule has 0 aliphatic rings. The predicted octanol–water partition coefficient (Wildman–Crippen LogP) is 3.12. The molecule has 0 fully saturated rings. The number of benzene rings is 1. The molecule has 13 heavy (non-hydrogen) atoms. The smallest absolute Gasteiger partial charge is 0.120 e. The normalized spacial score (nSPS) is 9.38. The molecule has 0 spiro atoms. The van der Waals surface area contributed by atoms with Crippen molar-refractivity contribution in [3.8, 4) is 11.8 Å². The second-order valence-corrected chi connectivity index (χ2v) is 3.33. The van der Waals surface area contributed by atoms with Gasteiger partial charge in [-0.3, -0.25) is 0 Å². The minimum Gasteiger partial charge on any atom is -0.497 e. The Balaban J connectivity index is 3.31. The quantitative estimate of drug-likeness (QED) is 0.766. The van der Waals surface area contributed by atoms with E-state index >= 15 is 0 Å². The molecule has 0 amide bonds. The molecule has 4 heteroatoms. The van der Waals surface area contributed by atoms with Crippen LogP contribution in [-0.2, 0) is 5.33 Å². The Hall–Kier alpha value is -0.720. The molecular formula is C9H7BrClNO. The van der Waals surface area contributed by atoms with Gasteiger partial charge in [-0.2, -0.15) is 5.26 Å². The maximum atomic E-state index is 8.75. The van der Waals surface area contributed by atoms with E-state index in [9.17, 15) is 0 Å². The van der Waals surface area contributed by atoms with E-state index in [2.05, 4.69) is 15.9 Å². The summed E-state index contributed by atoms with van der Waals surface area (Å²) in [5, 5.41) is 9.85. The van der Waals surface area contributed by atoms with Gasteiger partial charge in [-0.05, 0) is 17.7 Å². The van der Waals surface area contributed by atoms with Gasteiger partial charge < -0.3 is 4.74 Å². The molecule has 0 radical (unpaired) electrons. The van der Waals surface area contributed by atoms with Crippen LogP contribution in [0.3, 0.4) is 0 Å². The lowest BCUT2D eigenvalue weighted by Gasteiger charge is -2.05. The Bertz CT molecular complexity index is 359. The van der Waals surface area contributed by atoms with E-state index in [0.29, 0.717) is 21.7 Å². The third-order valence-electron chi connectivity index (χ3n) is 1.62. The Morgan fingerprint density at radius 2 is 2.31 bits per heavy atom. The summed E-state index contributed by atoms with van der Waals surface area (Å²) in [6.45, 7) is 0. The Kier molecular flexibility index (Phi) is 3.58. The molecule has 0 aliphatic heterocycles. The van der Waals surface area contributed by atoms with Crippen molar-refractivity contribution < 1.29 is 4.74 Å².